The molecule has 3 heteroatoms. The maximum absolute atomic E-state index is 5.85. The summed E-state index contributed by atoms with van der Waals surface area (Å²) in [7, 11) is 0. The summed E-state index contributed by atoms with van der Waals surface area (Å²) in [5, 5.41) is 1.13. The molecule has 0 radical (unpaired) electrons. The molecule has 106 valence electrons. The van der Waals surface area contributed by atoms with Crippen LogP contribution in [0, 0.1) is 0 Å². The largest absolute Gasteiger partial charge is 0.271 e. The number of nitrogens with zero attached hydrogens (tertiary/aromatic N) is 1. The second-order valence-electron chi connectivity index (χ2n) is 5.12. The number of hydrazine groups is 1. The van der Waals surface area contributed by atoms with Gasteiger partial charge >= 0.3 is 0 Å². The maximum Gasteiger partial charge on any atom is 0.0716 e. The first kappa shape index (κ1) is 13.7. The van der Waals surface area contributed by atoms with Gasteiger partial charge in [-0.3, -0.25) is 10.8 Å². The van der Waals surface area contributed by atoms with E-state index in [0.29, 0.717) is 0 Å². The summed E-state index contributed by atoms with van der Waals surface area (Å²) in [6.45, 7) is 2.16. The van der Waals surface area contributed by atoms with Crippen LogP contribution in [0.1, 0.15) is 29.7 Å². The number of hydrogen-bond acceptors (Lipinski definition) is 3. The summed E-state index contributed by atoms with van der Waals surface area (Å²) >= 11 is 0. The van der Waals surface area contributed by atoms with Crippen molar-refractivity contribution in [2.24, 2.45) is 5.84 Å². The molecule has 0 bridgehead atoms. The minimum atomic E-state index is -0.0376. The van der Waals surface area contributed by atoms with Gasteiger partial charge in [-0.25, -0.2) is 5.43 Å². The Labute approximate surface area is 124 Å². The molecule has 0 saturated carbocycles. The van der Waals surface area contributed by atoms with Crippen LogP contribution in [-0.2, 0) is 6.42 Å². The molecule has 0 aliphatic rings. The molecule has 3 nitrogen and oxygen atoms in total. The van der Waals surface area contributed by atoms with Gasteiger partial charge in [-0.05, 0) is 35.2 Å². The number of nitrogens with two attached hydrogens (primary N) is 1. The second kappa shape index (κ2) is 6.04. The van der Waals surface area contributed by atoms with Gasteiger partial charge in [-0.2, -0.15) is 0 Å². The zero-order valence-corrected chi connectivity index (χ0v) is 12.1. The number of pyridine rings is 1. The van der Waals surface area contributed by atoms with Crippen molar-refractivity contribution >= 4 is 10.9 Å². The van der Waals surface area contributed by atoms with Crippen LogP contribution in [0.3, 0.4) is 0 Å². The first-order valence-electron chi connectivity index (χ1n) is 7.22. The van der Waals surface area contributed by atoms with Crippen molar-refractivity contribution in [3.63, 3.8) is 0 Å². The standard InChI is InChI=1S/C18H19N3/c1-2-13-6-3-7-14(12-13)18(21-19)16-8-4-10-17-15(16)9-5-11-20-17/h3-12,18,21H,2,19H2,1H3. The third-order valence-corrected chi connectivity index (χ3v) is 3.85. The molecule has 0 aliphatic carbocycles. The molecule has 1 unspecified atom stereocenters. The Hall–Kier alpha value is -2.23. The van der Waals surface area contributed by atoms with E-state index in [1.54, 1.807) is 0 Å². The normalized spacial score (nSPS) is 12.5. The predicted octanol–water partition coefficient (Wildman–Crippen LogP) is 3.35. The number of hydrogen-bond donors (Lipinski definition) is 2. The Balaban J connectivity index is 2.13. The quantitative estimate of drug-likeness (QED) is 0.568. The van der Waals surface area contributed by atoms with Crippen molar-refractivity contribution < 1.29 is 0 Å². The fraction of sp³-hybridized carbons (Fsp3) is 0.167. The Morgan fingerprint density at radius 3 is 2.76 bits per heavy atom. The molecule has 0 aliphatic heterocycles. The zero-order valence-electron chi connectivity index (χ0n) is 12.1. The van der Waals surface area contributed by atoms with Gasteiger partial charge in [-0.15, -0.1) is 0 Å². The summed E-state index contributed by atoms with van der Waals surface area (Å²) in [6, 6.07) is 18.7. The number of fused-ring (bicyclic) bond motifs is 1. The van der Waals surface area contributed by atoms with E-state index in [1.165, 1.54) is 11.1 Å². The molecule has 1 atom stereocenters. The summed E-state index contributed by atoms with van der Waals surface area (Å²) in [5.74, 6) is 5.85. The lowest BCUT2D eigenvalue weighted by Crippen LogP contribution is -2.29. The van der Waals surface area contributed by atoms with Crippen LogP contribution in [-0.4, -0.2) is 4.98 Å². The van der Waals surface area contributed by atoms with Crippen LogP contribution in [0.25, 0.3) is 10.9 Å². The topological polar surface area (TPSA) is 50.9 Å². The van der Waals surface area contributed by atoms with Crippen LogP contribution >= 0.6 is 0 Å². The fourth-order valence-corrected chi connectivity index (χ4v) is 2.74. The highest BCUT2D eigenvalue weighted by molar-refractivity contribution is 5.83. The van der Waals surface area contributed by atoms with Gasteiger partial charge in [0.2, 0.25) is 0 Å². The number of aryl methyl sites for hydroxylation is 1. The van der Waals surface area contributed by atoms with E-state index in [9.17, 15) is 0 Å². The summed E-state index contributed by atoms with van der Waals surface area (Å²) in [5.41, 5.74) is 7.57. The zero-order chi connectivity index (χ0) is 14.7. The number of aromatic nitrogens is 1. The first-order valence-corrected chi connectivity index (χ1v) is 7.22. The van der Waals surface area contributed by atoms with E-state index in [1.807, 2.05) is 24.4 Å². The van der Waals surface area contributed by atoms with Gasteiger partial charge in [0.15, 0.2) is 0 Å². The minimum absolute atomic E-state index is 0.0376. The molecule has 1 aromatic heterocycles. The molecule has 0 spiro atoms. The minimum Gasteiger partial charge on any atom is -0.271 e. The van der Waals surface area contributed by atoms with Gasteiger partial charge < -0.3 is 0 Å². The van der Waals surface area contributed by atoms with Gasteiger partial charge in [0.1, 0.15) is 0 Å². The van der Waals surface area contributed by atoms with Gasteiger partial charge in [0, 0.05) is 11.6 Å². The number of rotatable bonds is 4. The Kier molecular flexibility index (Phi) is 3.95. The van der Waals surface area contributed by atoms with Crippen LogP contribution in [0.15, 0.2) is 60.8 Å². The van der Waals surface area contributed by atoms with Gasteiger partial charge in [0.05, 0.1) is 11.6 Å². The second-order valence-corrected chi connectivity index (χ2v) is 5.12. The first-order chi connectivity index (χ1) is 10.3. The Morgan fingerprint density at radius 2 is 1.95 bits per heavy atom. The lowest BCUT2D eigenvalue weighted by Gasteiger charge is -2.19. The fourth-order valence-electron chi connectivity index (χ4n) is 2.74. The van der Waals surface area contributed by atoms with Crippen molar-refractivity contribution in [3.05, 3.63) is 77.5 Å². The van der Waals surface area contributed by atoms with E-state index < -0.39 is 0 Å². The SMILES string of the molecule is CCc1cccc(C(NN)c2cccc3ncccc23)c1. The van der Waals surface area contributed by atoms with Gasteiger partial charge in [0.25, 0.3) is 0 Å². The van der Waals surface area contributed by atoms with Crippen molar-refractivity contribution in [1.82, 2.24) is 10.4 Å². The third kappa shape index (κ3) is 2.66. The lowest BCUT2D eigenvalue weighted by molar-refractivity contribution is 0.640. The molecule has 3 rings (SSSR count). The average Bonchev–Trinajstić information content (AvgIpc) is 2.56. The molecule has 3 aromatic rings. The van der Waals surface area contributed by atoms with Crippen molar-refractivity contribution in [2.75, 3.05) is 0 Å². The highest BCUT2D eigenvalue weighted by atomic mass is 15.2. The third-order valence-electron chi connectivity index (χ3n) is 3.85. The van der Waals surface area contributed by atoms with Gasteiger partial charge in [-0.1, -0.05) is 49.4 Å². The Bertz CT molecular complexity index is 747. The van der Waals surface area contributed by atoms with E-state index in [0.717, 1.165) is 22.9 Å². The van der Waals surface area contributed by atoms with Crippen LogP contribution in [0.5, 0.6) is 0 Å². The molecule has 3 N–H and O–H groups in total. The highest BCUT2D eigenvalue weighted by Crippen LogP contribution is 2.28. The summed E-state index contributed by atoms with van der Waals surface area (Å²) in [6.07, 6.45) is 2.83. The lowest BCUT2D eigenvalue weighted by atomic mass is 9.94. The van der Waals surface area contributed by atoms with Crippen molar-refractivity contribution in [2.45, 2.75) is 19.4 Å². The Morgan fingerprint density at radius 1 is 1.10 bits per heavy atom. The molecule has 2 aromatic carbocycles. The van der Waals surface area contributed by atoms with Crippen LogP contribution in [0.2, 0.25) is 0 Å². The monoisotopic (exact) mass is 277 g/mol. The molecule has 0 fully saturated rings. The smallest absolute Gasteiger partial charge is 0.0716 e. The highest BCUT2D eigenvalue weighted by Gasteiger charge is 2.15. The molecular formula is C18H19N3. The molecule has 0 amide bonds. The summed E-state index contributed by atoms with van der Waals surface area (Å²) < 4.78 is 0. The maximum atomic E-state index is 5.85. The molecule has 1 heterocycles. The van der Waals surface area contributed by atoms with Crippen molar-refractivity contribution in [3.8, 4) is 0 Å². The van der Waals surface area contributed by atoms with Crippen LogP contribution < -0.4 is 11.3 Å². The number of nitrogens with one attached hydrogen (secondary N) is 1. The van der Waals surface area contributed by atoms with E-state index in [-0.39, 0.29) is 6.04 Å². The van der Waals surface area contributed by atoms with E-state index >= 15 is 0 Å². The van der Waals surface area contributed by atoms with Crippen molar-refractivity contribution in [1.29, 1.82) is 0 Å². The molecule has 21 heavy (non-hydrogen) atoms. The van der Waals surface area contributed by atoms with E-state index in [2.05, 4.69) is 53.7 Å². The average molecular weight is 277 g/mol. The molecule has 0 saturated heterocycles. The van der Waals surface area contributed by atoms with Crippen LogP contribution in [0.4, 0.5) is 0 Å². The molecular weight excluding hydrogens is 258 g/mol. The predicted molar refractivity (Wildman–Crippen MR) is 86.7 cm³/mol. The number of benzene rings is 2. The summed E-state index contributed by atoms with van der Waals surface area (Å²) in [4.78, 5) is 4.42. The van der Waals surface area contributed by atoms with E-state index in [4.69, 9.17) is 5.84 Å².